The van der Waals surface area contributed by atoms with Crippen molar-refractivity contribution in [3.05, 3.63) is 92.3 Å². The van der Waals surface area contributed by atoms with Crippen LogP contribution in [0.2, 0.25) is 5.02 Å². The fourth-order valence-corrected chi connectivity index (χ4v) is 5.73. The molecule has 11 heteroatoms. The standard InChI is InChI=1S/C37H39ClF3NO6/c1-4-5-6-7-20-45-26-10-8-25(9-11-26)36(44)47-31-15-13-28-32(43)34(46-27-12-14-30(38)24(3)21-27)35(37(39,40)41)48-33(28)29(31)22-42-18-16-23(2)17-19-42/h8-15,21,23H,4-7,16-20,22H2,1-3H3. The number of piperidine rings is 1. The largest absolute Gasteiger partial charge is 0.494 e. The van der Waals surface area contributed by atoms with Crippen LogP contribution in [0.5, 0.6) is 23.0 Å². The molecule has 7 nitrogen and oxygen atoms in total. The molecule has 0 amide bonds. The number of likely N-dealkylation sites (tertiary alicyclic amines) is 1. The van der Waals surface area contributed by atoms with E-state index in [4.69, 9.17) is 30.2 Å². The molecule has 0 radical (unpaired) electrons. The molecule has 3 aromatic carbocycles. The lowest BCUT2D eigenvalue weighted by molar-refractivity contribution is -0.154. The SMILES string of the molecule is CCCCCCOc1ccc(C(=O)Oc2ccc3c(=O)c(Oc4ccc(Cl)c(C)c4)c(C(F)(F)F)oc3c2CN2CCC(C)CC2)cc1. The summed E-state index contributed by atoms with van der Waals surface area (Å²) in [6, 6.07) is 13.5. The first kappa shape index (κ1) is 35.3. The Bertz CT molecular complexity index is 1800. The van der Waals surface area contributed by atoms with Crippen LogP contribution in [0.4, 0.5) is 13.2 Å². The van der Waals surface area contributed by atoms with E-state index >= 15 is 0 Å². The molecule has 0 atom stereocenters. The Hall–Kier alpha value is -4.02. The molecule has 256 valence electrons. The molecule has 1 aromatic heterocycles. The number of rotatable bonds is 12. The van der Waals surface area contributed by atoms with Gasteiger partial charge in [-0.1, -0.05) is 44.7 Å². The van der Waals surface area contributed by atoms with Gasteiger partial charge in [0.25, 0.3) is 5.76 Å². The van der Waals surface area contributed by atoms with Crippen LogP contribution in [-0.2, 0) is 12.7 Å². The number of halogens is 4. The number of fused-ring (bicyclic) bond motifs is 1. The van der Waals surface area contributed by atoms with E-state index in [2.05, 4.69) is 13.8 Å². The third kappa shape index (κ3) is 8.52. The van der Waals surface area contributed by atoms with Gasteiger partial charge in [0, 0.05) is 11.6 Å². The van der Waals surface area contributed by atoms with E-state index < -0.39 is 29.1 Å². The fourth-order valence-electron chi connectivity index (χ4n) is 5.61. The number of esters is 1. The minimum Gasteiger partial charge on any atom is -0.494 e. The third-order valence-corrected chi connectivity index (χ3v) is 8.93. The predicted molar refractivity (Wildman–Crippen MR) is 178 cm³/mol. The van der Waals surface area contributed by atoms with E-state index in [9.17, 15) is 22.8 Å². The molecule has 1 fully saturated rings. The van der Waals surface area contributed by atoms with Gasteiger partial charge in [-0.2, -0.15) is 13.2 Å². The number of ether oxygens (including phenoxy) is 3. The van der Waals surface area contributed by atoms with E-state index in [1.54, 1.807) is 31.2 Å². The second-order valence-electron chi connectivity index (χ2n) is 12.3. The van der Waals surface area contributed by atoms with Gasteiger partial charge in [-0.15, -0.1) is 0 Å². The number of nitrogens with zero attached hydrogens (tertiary/aromatic N) is 1. The first-order valence-corrected chi connectivity index (χ1v) is 16.6. The van der Waals surface area contributed by atoms with Crippen LogP contribution in [0.1, 0.15) is 79.6 Å². The Labute approximate surface area is 282 Å². The summed E-state index contributed by atoms with van der Waals surface area (Å²) in [5.41, 5.74) is -0.373. The second-order valence-corrected chi connectivity index (χ2v) is 12.7. The van der Waals surface area contributed by atoms with Crippen LogP contribution in [-0.4, -0.2) is 30.6 Å². The molecule has 0 aliphatic carbocycles. The van der Waals surface area contributed by atoms with Crippen molar-refractivity contribution in [1.82, 2.24) is 4.90 Å². The number of benzene rings is 3. The molecule has 5 rings (SSSR count). The predicted octanol–water partition coefficient (Wildman–Crippen LogP) is 9.98. The average molecular weight is 686 g/mol. The molecule has 1 aliphatic rings. The highest BCUT2D eigenvalue weighted by Crippen LogP contribution is 2.41. The van der Waals surface area contributed by atoms with E-state index in [1.165, 1.54) is 30.3 Å². The molecule has 0 N–H and O–H groups in total. The van der Waals surface area contributed by atoms with Gasteiger partial charge in [0.1, 0.15) is 22.8 Å². The molecule has 2 heterocycles. The molecule has 0 saturated carbocycles. The zero-order valence-corrected chi connectivity index (χ0v) is 28.0. The Balaban J connectivity index is 1.51. The van der Waals surface area contributed by atoms with Crippen molar-refractivity contribution in [1.29, 1.82) is 0 Å². The van der Waals surface area contributed by atoms with Gasteiger partial charge < -0.3 is 18.6 Å². The van der Waals surface area contributed by atoms with Crippen LogP contribution in [0, 0.1) is 12.8 Å². The topological polar surface area (TPSA) is 78.2 Å². The summed E-state index contributed by atoms with van der Waals surface area (Å²) in [7, 11) is 0. The van der Waals surface area contributed by atoms with Crippen molar-refractivity contribution < 1.29 is 36.6 Å². The highest BCUT2D eigenvalue weighted by molar-refractivity contribution is 6.31. The average Bonchev–Trinajstić information content (AvgIpc) is 3.05. The number of carbonyl (C=O) groups excluding carboxylic acids is 1. The van der Waals surface area contributed by atoms with Crippen LogP contribution in [0.15, 0.2) is 63.8 Å². The lowest BCUT2D eigenvalue weighted by Crippen LogP contribution is -2.32. The smallest absolute Gasteiger partial charge is 0.453 e. The van der Waals surface area contributed by atoms with Gasteiger partial charge in [0.05, 0.1) is 23.1 Å². The number of unbranched alkanes of at least 4 members (excludes halogenated alkanes) is 3. The Morgan fingerprint density at radius 2 is 1.71 bits per heavy atom. The number of hydrogen-bond donors (Lipinski definition) is 0. The van der Waals surface area contributed by atoms with E-state index in [-0.39, 0.29) is 40.1 Å². The van der Waals surface area contributed by atoms with Crippen molar-refractivity contribution >= 4 is 28.5 Å². The zero-order chi connectivity index (χ0) is 34.4. The van der Waals surface area contributed by atoms with Gasteiger partial charge in [-0.05, 0) is 105 Å². The highest BCUT2D eigenvalue weighted by atomic mass is 35.5. The lowest BCUT2D eigenvalue weighted by atomic mass is 9.98. The maximum atomic E-state index is 14.5. The first-order chi connectivity index (χ1) is 22.9. The molecular weight excluding hydrogens is 647 g/mol. The first-order valence-electron chi connectivity index (χ1n) is 16.3. The van der Waals surface area contributed by atoms with Crippen molar-refractivity contribution in [3.8, 4) is 23.0 Å². The molecular formula is C37H39ClF3NO6. The van der Waals surface area contributed by atoms with Crippen molar-refractivity contribution in [2.45, 2.75) is 72.0 Å². The monoisotopic (exact) mass is 685 g/mol. The Morgan fingerprint density at radius 1 is 1.00 bits per heavy atom. The van der Waals surface area contributed by atoms with Crippen molar-refractivity contribution in [3.63, 3.8) is 0 Å². The number of hydrogen-bond acceptors (Lipinski definition) is 7. The van der Waals surface area contributed by atoms with Gasteiger partial charge in [0.15, 0.2) is 0 Å². The number of alkyl halides is 3. The van der Waals surface area contributed by atoms with Gasteiger partial charge in [0.2, 0.25) is 11.2 Å². The summed E-state index contributed by atoms with van der Waals surface area (Å²) in [5.74, 6) is -2.19. The summed E-state index contributed by atoms with van der Waals surface area (Å²) in [5, 5.41) is 0.258. The summed E-state index contributed by atoms with van der Waals surface area (Å²) < 4.78 is 66.1. The summed E-state index contributed by atoms with van der Waals surface area (Å²) in [6.45, 7) is 7.97. The quantitative estimate of drug-likeness (QED) is 0.0834. The maximum Gasteiger partial charge on any atom is 0.453 e. The van der Waals surface area contributed by atoms with Gasteiger partial charge >= 0.3 is 12.1 Å². The molecule has 0 spiro atoms. The molecule has 1 aliphatic heterocycles. The number of carbonyl (C=O) groups is 1. The van der Waals surface area contributed by atoms with Crippen LogP contribution >= 0.6 is 11.6 Å². The molecule has 0 bridgehead atoms. The normalized spacial score (nSPS) is 14.3. The van der Waals surface area contributed by atoms with Crippen molar-refractivity contribution in [2.75, 3.05) is 19.7 Å². The van der Waals surface area contributed by atoms with Crippen molar-refractivity contribution in [2.24, 2.45) is 5.92 Å². The van der Waals surface area contributed by atoms with Crippen LogP contribution < -0.4 is 19.6 Å². The molecule has 4 aromatic rings. The number of aryl methyl sites for hydroxylation is 1. The minimum absolute atomic E-state index is 0.000594. The Kier molecular flexibility index (Phi) is 11.4. The summed E-state index contributed by atoms with van der Waals surface area (Å²) in [6.07, 6.45) is 0.981. The van der Waals surface area contributed by atoms with Crippen LogP contribution in [0.25, 0.3) is 11.0 Å². The van der Waals surface area contributed by atoms with E-state index in [0.717, 1.165) is 38.5 Å². The van der Waals surface area contributed by atoms with Gasteiger partial charge in [-0.25, -0.2) is 4.79 Å². The summed E-state index contributed by atoms with van der Waals surface area (Å²) >= 11 is 6.07. The summed E-state index contributed by atoms with van der Waals surface area (Å²) in [4.78, 5) is 29.1. The zero-order valence-electron chi connectivity index (χ0n) is 27.3. The molecule has 1 saturated heterocycles. The maximum absolute atomic E-state index is 14.5. The lowest BCUT2D eigenvalue weighted by Gasteiger charge is -2.30. The molecule has 48 heavy (non-hydrogen) atoms. The minimum atomic E-state index is -5.07. The highest BCUT2D eigenvalue weighted by Gasteiger charge is 2.41. The molecule has 0 unspecified atom stereocenters. The second kappa shape index (κ2) is 15.5. The van der Waals surface area contributed by atoms with E-state index in [1.807, 2.05) is 4.90 Å². The Morgan fingerprint density at radius 3 is 2.38 bits per heavy atom. The van der Waals surface area contributed by atoms with E-state index in [0.29, 0.717) is 41.9 Å². The third-order valence-electron chi connectivity index (χ3n) is 8.50. The fraction of sp³-hybridized carbons (Fsp3) is 0.405. The van der Waals surface area contributed by atoms with Crippen LogP contribution in [0.3, 0.4) is 0 Å². The van der Waals surface area contributed by atoms with Gasteiger partial charge in [-0.3, -0.25) is 9.69 Å².